The van der Waals surface area contributed by atoms with Crippen LogP contribution in [0.5, 0.6) is 0 Å². The van der Waals surface area contributed by atoms with E-state index in [0.717, 1.165) is 0 Å². The van der Waals surface area contributed by atoms with E-state index in [-0.39, 0.29) is 0 Å². The minimum Gasteiger partial charge on any atom is -0.279 e. The van der Waals surface area contributed by atoms with Crippen molar-refractivity contribution in [1.29, 1.82) is 0 Å². The van der Waals surface area contributed by atoms with E-state index in [1.54, 1.807) is 11.0 Å². The molecular formula is C14H22BF3O3S. The largest absolute Gasteiger partial charge is 0.522 e. The quantitative estimate of drug-likeness (QED) is 0.627. The van der Waals surface area contributed by atoms with Crippen LogP contribution < -0.4 is 0 Å². The van der Waals surface area contributed by atoms with Gasteiger partial charge in [0, 0.05) is 0 Å². The van der Waals surface area contributed by atoms with Crippen molar-refractivity contribution in [3.8, 4) is 0 Å². The second-order valence-electron chi connectivity index (χ2n) is 4.90. The van der Waals surface area contributed by atoms with E-state index >= 15 is 0 Å². The Labute approximate surface area is 130 Å². The molecule has 8 heteroatoms. The van der Waals surface area contributed by atoms with Gasteiger partial charge in [-0.25, -0.2) is 0 Å². The molecule has 0 aromatic carbocycles. The van der Waals surface area contributed by atoms with Gasteiger partial charge in [0.15, 0.2) is 0 Å². The number of unbranched alkanes of at least 4 members (excludes halogenated alkanes) is 2. The predicted octanol–water partition coefficient (Wildman–Crippen LogP) is 4.10. The third-order valence-corrected chi connectivity index (χ3v) is 3.60. The Balaban J connectivity index is 0.000000472. The molecule has 0 unspecified atom stereocenters. The Kier molecular flexibility index (Phi) is 9.59. The van der Waals surface area contributed by atoms with Gasteiger partial charge in [-0.2, -0.15) is 21.6 Å². The molecule has 0 saturated heterocycles. The van der Waals surface area contributed by atoms with E-state index in [1.807, 2.05) is 0 Å². The average Bonchev–Trinajstić information content (AvgIpc) is 2.42. The van der Waals surface area contributed by atoms with Crippen LogP contribution in [0.15, 0.2) is 18.1 Å². The summed E-state index contributed by atoms with van der Waals surface area (Å²) < 4.78 is 57.5. The van der Waals surface area contributed by atoms with Crippen LogP contribution in [0.1, 0.15) is 50.6 Å². The minimum absolute atomic E-state index is 1.26. The zero-order valence-corrected chi connectivity index (χ0v) is 13.7. The molecule has 0 fully saturated rings. The first-order chi connectivity index (χ1) is 10.1. The van der Waals surface area contributed by atoms with Crippen molar-refractivity contribution < 1.29 is 26.1 Å². The van der Waals surface area contributed by atoms with Crippen molar-refractivity contribution in [2.24, 2.45) is 0 Å². The van der Waals surface area contributed by atoms with E-state index in [0.29, 0.717) is 0 Å². The molecule has 1 heterocycles. The fourth-order valence-electron chi connectivity index (χ4n) is 1.78. The molecule has 0 radical (unpaired) electrons. The molecule has 1 rings (SSSR count). The Morgan fingerprint density at radius 1 is 1.14 bits per heavy atom. The summed E-state index contributed by atoms with van der Waals surface area (Å²) in [6, 6.07) is 4.46. The van der Waals surface area contributed by atoms with Crippen molar-refractivity contribution in [1.82, 2.24) is 0 Å². The molecule has 0 aliphatic heterocycles. The number of alkyl halides is 3. The van der Waals surface area contributed by atoms with Crippen LogP contribution in [0.3, 0.4) is 0 Å². The van der Waals surface area contributed by atoms with Gasteiger partial charge in [-0.15, -0.1) is 0 Å². The Bertz CT molecular complexity index is 503. The van der Waals surface area contributed by atoms with Gasteiger partial charge in [0.1, 0.15) is 0 Å². The summed E-state index contributed by atoms with van der Waals surface area (Å²) in [5.74, 6) is 2.17. The second-order valence-corrected chi connectivity index (χ2v) is 6.31. The second kappa shape index (κ2) is 10.00. The summed E-state index contributed by atoms with van der Waals surface area (Å²) in [4.78, 5) is 0. The van der Waals surface area contributed by atoms with Crippen LogP contribution in [0.25, 0.3) is 0 Å². The zero-order chi connectivity index (χ0) is 17.2. The van der Waals surface area contributed by atoms with Gasteiger partial charge in [-0.05, 0) is 0 Å². The summed E-state index contributed by atoms with van der Waals surface area (Å²) >= 11 is 0. The van der Waals surface area contributed by atoms with Crippen LogP contribution >= 0.6 is 0 Å². The maximum absolute atomic E-state index is 10.7. The molecule has 0 aliphatic carbocycles. The van der Waals surface area contributed by atoms with Gasteiger partial charge < -0.3 is 0 Å². The minimum atomic E-state index is -5.84. The summed E-state index contributed by atoms with van der Waals surface area (Å²) in [6.45, 7) is 6.81. The zero-order valence-electron chi connectivity index (χ0n) is 12.9. The van der Waals surface area contributed by atoms with Crippen LogP contribution in [-0.2, 0) is 23.0 Å². The van der Waals surface area contributed by atoms with Crippen LogP contribution in [0.2, 0.25) is 0 Å². The number of hydrogen-bond acceptors (Lipinski definition) is 2. The van der Waals surface area contributed by atoms with E-state index in [4.69, 9.17) is 13.0 Å². The molecule has 126 valence electrons. The number of rotatable bonds is 6. The molecule has 1 aromatic heterocycles. The van der Waals surface area contributed by atoms with E-state index in [2.05, 4.69) is 38.9 Å². The van der Waals surface area contributed by atoms with Gasteiger partial charge in [0.2, 0.25) is 0 Å². The van der Waals surface area contributed by atoms with E-state index in [1.165, 1.54) is 38.5 Å². The molecule has 0 spiro atoms. The van der Waals surface area contributed by atoms with Crippen LogP contribution in [0, 0.1) is 0 Å². The molecular weight excluding hydrogens is 316 g/mol. The van der Waals surface area contributed by atoms with Crippen molar-refractivity contribution in [2.45, 2.75) is 57.9 Å². The van der Waals surface area contributed by atoms with Gasteiger partial charge in [0.05, 0.1) is 0 Å². The molecule has 0 aliphatic rings. The third kappa shape index (κ3) is 8.53. The smallest absolute Gasteiger partial charge is 0.279 e. The van der Waals surface area contributed by atoms with Gasteiger partial charge >= 0.3 is 104 Å². The molecule has 3 nitrogen and oxygen atoms in total. The van der Waals surface area contributed by atoms with Gasteiger partial charge in [0.25, 0.3) is 0 Å². The molecule has 22 heavy (non-hydrogen) atoms. The molecule has 0 bridgehead atoms. The first-order valence-electron chi connectivity index (χ1n) is 7.24. The summed E-state index contributed by atoms with van der Waals surface area (Å²) in [6.07, 6.45) is 7.75. The molecule has 0 amide bonds. The summed E-state index contributed by atoms with van der Waals surface area (Å²) in [5, 5.41) is 0. The topological polar surface area (TPSA) is 54.4 Å². The normalized spacial score (nSPS) is 11.5. The Morgan fingerprint density at radius 2 is 1.64 bits per heavy atom. The van der Waals surface area contributed by atoms with E-state index in [9.17, 15) is 13.2 Å². The number of halogens is 3. The molecule has 1 N–H and O–H groups in total. The third-order valence-electron chi connectivity index (χ3n) is 3.01. The summed E-state index contributed by atoms with van der Waals surface area (Å²) in [7, 11) is -5.84. The van der Waals surface area contributed by atoms with Crippen molar-refractivity contribution in [2.75, 3.05) is 0 Å². The first kappa shape index (κ1) is 21.1. The first-order valence-corrected chi connectivity index (χ1v) is 8.68. The van der Waals surface area contributed by atoms with Gasteiger partial charge in [-0.3, -0.25) is 4.55 Å². The molecule has 0 saturated carbocycles. The Morgan fingerprint density at radius 3 is 2.09 bits per heavy atom. The molecule has 0 atom stereocenters. The van der Waals surface area contributed by atoms with Crippen molar-refractivity contribution >= 4 is 17.0 Å². The van der Waals surface area contributed by atoms with Crippen LogP contribution in [0.4, 0.5) is 13.2 Å². The fraction of sp³-hybridized carbons (Fsp3) is 0.643. The SMILES string of the molecule is CCCCc1bcccc1CCCC.O=S(=O)(O)C(F)(F)F. The maximum atomic E-state index is 10.7. The fourth-order valence-corrected chi connectivity index (χ4v) is 1.78. The maximum Gasteiger partial charge on any atom is 0.522 e. The Hall–Kier alpha value is -0.885. The molecule has 1 aromatic rings. The average molecular weight is 338 g/mol. The van der Waals surface area contributed by atoms with Gasteiger partial charge in [-0.1, -0.05) is 0 Å². The monoisotopic (exact) mass is 338 g/mol. The summed E-state index contributed by atoms with van der Waals surface area (Å²) in [5.41, 5.74) is -2.39. The van der Waals surface area contributed by atoms with E-state index < -0.39 is 15.6 Å². The predicted molar refractivity (Wildman–Crippen MR) is 82.6 cm³/mol. The number of hydrogen-bond donors (Lipinski definition) is 1. The number of aryl methyl sites for hydroxylation is 2. The standard InChI is InChI=1S/C13H21B.CHF3O3S/c1-3-5-8-12-9-7-11-14-13(12)10-6-4-2;2-1(3,4)8(5,6)7/h7,9,11H,3-6,8,10H2,1-2H3;(H,5,6,7). The van der Waals surface area contributed by atoms with Crippen LogP contribution in [-0.4, -0.2) is 25.4 Å². The van der Waals surface area contributed by atoms with Crippen molar-refractivity contribution in [3.63, 3.8) is 0 Å². The van der Waals surface area contributed by atoms with Crippen molar-refractivity contribution in [3.05, 3.63) is 29.1 Å².